The predicted molar refractivity (Wildman–Crippen MR) is 154 cm³/mol. The summed E-state index contributed by atoms with van der Waals surface area (Å²) in [5, 5.41) is 16.5. The standard InChI is InChI=1S/C32H41N3O6/c1-4-6-18-33-29(38)27-32-17-16-31(3,41-32)25(28(37)34-22-12-14-24(15-13-22)40-5-2)26(32)30(39)35(27)23(20-36)19-21-10-8-7-9-11-21/h7-15,23,25-27,36H,4-6,16-20H2,1-3H3,(H,33,38)(H,34,37)/t23-,25-,26+,27?,31+,32?/m1/s1. The molecule has 2 aromatic rings. The van der Waals surface area contributed by atoms with Crippen molar-refractivity contribution < 1.29 is 29.0 Å². The highest BCUT2D eigenvalue weighted by Crippen LogP contribution is 2.63. The molecule has 3 heterocycles. The molecule has 0 aliphatic carbocycles. The first kappa shape index (κ1) is 29.1. The Morgan fingerprint density at radius 1 is 1.10 bits per heavy atom. The summed E-state index contributed by atoms with van der Waals surface area (Å²) >= 11 is 0. The molecule has 3 saturated heterocycles. The molecular weight excluding hydrogens is 522 g/mol. The fourth-order valence-electron chi connectivity index (χ4n) is 7.10. The molecule has 2 aromatic carbocycles. The monoisotopic (exact) mass is 563 g/mol. The number of rotatable bonds is 12. The summed E-state index contributed by atoms with van der Waals surface area (Å²) in [6.07, 6.45) is 3.13. The number of carbonyl (C=O) groups excluding carboxylic acids is 3. The SMILES string of the molecule is CCCCNC(=O)C1N([C@@H](CO)Cc2ccccc2)C(=O)[C@@H]2[C@H](C(=O)Nc3ccc(OCC)cc3)[C@]3(C)CCC12O3. The van der Waals surface area contributed by atoms with Crippen molar-refractivity contribution in [1.29, 1.82) is 0 Å². The molecule has 9 nitrogen and oxygen atoms in total. The number of fused-ring (bicyclic) bond motifs is 1. The highest BCUT2D eigenvalue weighted by atomic mass is 16.5. The molecule has 41 heavy (non-hydrogen) atoms. The molecule has 6 atom stereocenters. The van der Waals surface area contributed by atoms with E-state index in [4.69, 9.17) is 9.47 Å². The van der Waals surface area contributed by atoms with Crippen LogP contribution in [0.1, 0.15) is 52.0 Å². The van der Waals surface area contributed by atoms with Gasteiger partial charge in [0.2, 0.25) is 17.7 Å². The lowest BCUT2D eigenvalue weighted by Crippen LogP contribution is -2.58. The molecule has 0 radical (unpaired) electrons. The normalized spacial score (nSPS) is 28.8. The molecule has 3 N–H and O–H groups in total. The Labute approximate surface area is 241 Å². The van der Waals surface area contributed by atoms with Crippen molar-refractivity contribution in [3.63, 3.8) is 0 Å². The lowest BCUT2D eigenvalue weighted by molar-refractivity contribution is -0.148. The van der Waals surface area contributed by atoms with Gasteiger partial charge in [0.05, 0.1) is 36.7 Å². The molecule has 0 saturated carbocycles. The van der Waals surface area contributed by atoms with Crippen molar-refractivity contribution >= 4 is 23.4 Å². The van der Waals surface area contributed by atoms with E-state index in [9.17, 15) is 19.5 Å². The highest BCUT2D eigenvalue weighted by Gasteiger charge is 2.78. The van der Waals surface area contributed by atoms with Crippen molar-refractivity contribution in [3.05, 3.63) is 60.2 Å². The number of likely N-dealkylation sites (tertiary alicyclic amines) is 1. The molecule has 9 heteroatoms. The Bertz CT molecular complexity index is 1250. The molecule has 3 amide bonds. The summed E-state index contributed by atoms with van der Waals surface area (Å²) in [7, 11) is 0. The lowest BCUT2D eigenvalue weighted by Gasteiger charge is -2.37. The van der Waals surface area contributed by atoms with Crippen LogP contribution in [0.25, 0.3) is 0 Å². The van der Waals surface area contributed by atoms with E-state index >= 15 is 0 Å². The molecule has 2 unspecified atom stereocenters. The zero-order valence-electron chi connectivity index (χ0n) is 24.1. The Morgan fingerprint density at radius 2 is 1.83 bits per heavy atom. The van der Waals surface area contributed by atoms with Crippen LogP contribution >= 0.6 is 0 Å². The second-order valence-electron chi connectivity index (χ2n) is 11.6. The second kappa shape index (κ2) is 11.8. The number of anilines is 1. The summed E-state index contributed by atoms with van der Waals surface area (Å²) in [6, 6.07) is 15.1. The van der Waals surface area contributed by atoms with Gasteiger partial charge in [-0.1, -0.05) is 43.7 Å². The van der Waals surface area contributed by atoms with Crippen LogP contribution in [0.3, 0.4) is 0 Å². The van der Waals surface area contributed by atoms with E-state index < -0.39 is 35.1 Å². The number of unbranched alkanes of at least 4 members (excludes halogenated alkanes) is 1. The van der Waals surface area contributed by atoms with Crippen molar-refractivity contribution in [2.75, 3.05) is 25.1 Å². The third-order valence-corrected chi connectivity index (χ3v) is 8.93. The van der Waals surface area contributed by atoms with E-state index in [1.54, 1.807) is 24.3 Å². The minimum absolute atomic E-state index is 0.294. The fourth-order valence-corrected chi connectivity index (χ4v) is 7.10. The number of aliphatic hydroxyl groups is 1. The van der Waals surface area contributed by atoms with Gasteiger partial charge in [0.15, 0.2) is 0 Å². The first-order valence-electron chi connectivity index (χ1n) is 14.8. The summed E-state index contributed by atoms with van der Waals surface area (Å²) in [4.78, 5) is 43.7. The third kappa shape index (κ3) is 5.21. The molecule has 2 bridgehead atoms. The molecular formula is C32H41N3O6. The van der Waals surface area contributed by atoms with E-state index in [-0.39, 0.29) is 24.3 Å². The number of ether oxygens (including phenoxy) is 2. The zero-order chi connectivity index (χ0) is 29.2. The Morgan fingerprint density at radius 3 is 2.49 bits per heavy atom. The van der Waals surface area contributed by atoms with Crippen molar-refractivity contribution in [2.24, 2.45) is 11.8 Å². The van der Waals surface area contributed by atoms with Gasteiger partial charge in [0, 0.05) is 12.2 Å². The number of benzene rings is 2. The molecule has 5 rings (SSSR count). The van der Waals surface area contributed by atoms with Crippen LogP contribution in [0, 0.1) is 11.8 Å². The van der Waals surface area contributed by atoms with Crippen LogP contribution in [-0.4, -0.2) is 70.8 Å². The number of hydrogen-bond donors (Lipinski definition) is 3. The van der Waals surface area contributed by atoms with Gasteiger partial charge in [-0.2, -0.15) is 0 Å². The lowest BCUT2D eigenvalue weighted by atomic mass is 9.66. The topological polar surface area (TPSA) is 117 Å². The van der Waals surface area contributed by atoms with Crippen LogP contribution in [0.5, 0.6) is 5.75 Å². The van der Waals surface area contributed by atoms with E-state index in [1.165, 1.54) is 4.90 Å². The van der Waals surface area contributed by atoms with Gasteiger partial charge in [-0.25, -0.2) is 0 Å². The van der Waals surface area contributed by atoms with Crippen molar-refractivity contribution in [2.45, 2.75) is 76.2 Å². The summed E-state index contributed by atoms with van der Waals surface area (Å²) in [5.41, 5.74) is -0.501. The second-order valence-corrected chi connectivity index (χ2v) is 11.6. The van der Waals surface area contributed by atoms with E-state index in [0.29, 0.717) is 43.9 Å². The molecule has 3 fully saturated rings. The average Bonchev–Trinajstić information content (AvgIpc) is 3.54. The van der Waals surface area contributed by atoms with Gasteiger partial charge < -0.3 is 30.1 Å². The maximum atomic E-state index is 14.4. The first-order chi connectivity index (χ1) is 19.8. The minimum atomic E-state index is -1.15. The van der Waals surface area contributed by atoms with Gasteiger partial charge in [-0.15, -0.1) is 0 Å². The predicted octanol–water partition coefficient (Wildman–Crippen LogP) is 3.31. The number of carbonyl (C=O) groups is 3. The van der Waals surface area contributed by atoms with Crippen LogP contribution in [-0.2, 0) is 25.5 Å². The Kier molecular flexibility index (Phi) is 8.38. The number of hydrogen-bond acceptors (Lipinski definition) is 6. The van der Waals surface area contributed by atoms with E-state index in [1.807, 2.05) is 51.1 Å². The zero-order valence-corrected chi connectivity index (χ0v) is 24.1. The minimum Gasteiger partial charge on any atom is -0.494 e. The number of nitrogens with zero attached hydrogens (tertiary/aromatic N) is 1. The smallest absolute Gasteiger partial charge is 0.245 e. The van der Waals surface area contributed by atoms with Gasteiger partial charge in [-0.05, 0) is 69.4 Å². The van der Waals surface area contributed by atoms with Gasteiger partial charge in [0.25, 0.3) is 0 Å². The summed E-state index contributed by atoms with van der Waals surface area (Å²) in [5.74, 6) is -1.85. The largest absolute Gasteiger partial charge is 0.494 e. The average molecular weight is 564 g/mol. The van der Waals surface area contributed by atoms with Crippen molar-refractivity contribution in [3.8, 4) is 5.75 Å². The highest BCUT2D eigenvalue weighted by molar-refractivity contribution is 6.02. The molecule has 3 aliphatic heterocycles. The quantitative estimate of drug-likeness (QED) is 0.341. The van der Waals surface area contributed by atoms with Crippen LogP contribution < -0.4 is 15.4 Å². The van der Waals surface area contributed by atoms with Gasteiger partial charge in [0.1, 0.15) is 17.4 Å². The molecule has 1 spiro atoms. The van der Waals surface area contributed by atoms with Gasteiger partial charge >= 0.3 is 0 Å². The summed E-state index contributed by atoms with van der Waals surface area (Å²) < 4.78 is 12.2. The Hall–Kier alpha value is -3.43. The van der Waals surface area contributed by atoms with Crippen LogP contribution in [0.4, 0.5) is 5.69 Å². The first-order valence-corrected chi connectivity index (χ1v) is 14.8. The Balaban J connectivity index is 1.48. The summed E-state index contributed by atoms with van der Waals surface area (Å²) in [6.45, 7) is 6.53. The molecule has 0 aromatic heterocycles. The molecule has 3 aliphatic rings. The number of amides is 3. The van der Waals surface area contributed by atoms with Crippen molar-refractivity contribution in [1.82, 2.24) is 10.2 Å². The van der Waals surface area contributed by atoms with E-state index in [0.717, 1.165) is 18.4 Å². The number of nitrogens with one attached hydrogen (secondary N) is 2. The van der Waals surface area contributed by atoms with Crippen LogP contribution in [0.15, 0.2) is 54.6 Å². The van der Waals surface area contributed by atoms with Crippen LogP contribution in [0.2, 0.25) is 0 Å². The van der Waals surface area contributed by atoms with Gasteiger partial charge in [-0.3, -0.25) is 14.4 Å². The maximum absolute atomic E-state index is 14.4. The maximum Gasteiger partial charge on any atom is 0.245 e. The number of aliphatic hydroxyl groups excluding tert-OH is 1. The van der Waals surface area contributed by atoms with E-state index in [2.05, 4.69) is 10.6 Å². The molecule has 220 valence electrons. The third-order valence-electron chi connectivity index (χ3n) is 8.93. The fraction of sp³-hybridized carbons (Fsp3) is 0.531.